The van der Waals surface area contributed by atoms with Crippen molar-refractivity contribution in [3.63, 3.8) is 0 Å². The molecule has 1 fully saturated rings. The normalized spacial score (nSPS) is 20.1. The number of carbonyl (C=O) groups excluding carboxylic acids is 1. The van der Waals surface area contributed by atoms with Gasteiger partial charge in [-0.25, -0.2) is 0 Å². The topological polar surface area (TPSA) is 38.3 Å². The number of aryl methyl sites for hydroxylation is 4. The van der Waals surface area contributed by atoms with E-state index in [1.54, 1.807) is 0 Å². The van der Waals surface area contributed by atoms with Gasteiger partial charge in [-0.1, -0.05) is 47.0 Å². The Kier molecular flexibility index (Phi) is 4.06. The van der Waals surface area contributed by atoms with Gasteiger partial charge in [0.15, 0.2) is 0 Å². The molecule has 1 amide bonds. The van der Waals surface area contributed by atoms with Gasteiger partial charge in [-0.05, 0) is 51.7 Å². The molecular weight excluding hydrogens is 322 g/mol. The fourth-order valence-electron chi connectivity index (χ4n) is 4.35. The van der Waals surface area contributed by atoms with E-state index in [1.807, 2.05) is 0 Å². The van der Waals surface area contributed by atoms with Gasteiger partial charge in [-0.15, -0.1) is 0 Å². The van der Waals surface area contributed by atoms with Crippen molar-refractivity contribution in [2.24, 2.45) is 0 Å². The number of rotatable bonds is 3. The van der Waals surface area contributed by atoms with Crippen molar-refractivity contribution in [2.45, 2.75) is 58.4 Å². The Hall–Kier alpha value is -2.29. The van der Waals surface area contributed by atoms with E-state index in [4.69, 9.17) is 4.74 Å². The fourth-order valence-corrected chi connectivity index (χ4v) is 4.35. The predicted molar refractivity (Wildman–Crippen MR) is 104 cm³/mol. The molecule has 26 heavy (non-hydrogen) atoms. The van der Waals surface area contributed by atoms with Crippen LogP contribution in [0.4, 0.5) is 0 Å². The first-order chi connectivity index (χ1) is 12.4. The largest absolute Gasteiger partial charge is 0.493 e. The molecule has 1 saturated carbocycles. The molecule has 0 spiro atoms. The van der Waals surface area contributed by atoms with Crippen molar-refractivity contribution >= 4 is 5.91 Å². The quantitative estimate of drug-likeness (QED) is 0.880. The molecule has 2 aromatic rings. The van der Waals surface area contributed by atoms with Crippen molar-refractivity contribution in [2.75, 3.05) is 6.61 Å². The summed E-state index contributed by atoms with van der Waals surface area (Å²) >= 11 is 0. The first-order valence-corrected chi connectivity index (χ1v) is 9.53. The van der Waals surface area contributed by atoms with E-state index in [0.29, 0.717) is 6.61 Å². The van der Waals surface area contributed by atoms with E-state index >= 15 is 0 Å². The minimum Gasteiger partial charge on any atom is -0.493 e. The summed E-state index contributed by atoms with van der Waals surface area (Å²) in [6, 6.07) is 10.8. The smallest absolute Gasteiger partial charge is 0.231 e. The number of carbonyl (C=O) groups is 1. The molecule has 0 saturated heterocycles. The Labute approximate surface area is 155 Å². The van der Waals surface area contributed by atoms with Gasteiger partial charge < -0.3 is 10.1 Å². The lowest BCUT2D eigenvalue weighted by atomic mass is 9.90. The molecule has 3 heteroatoms. The van der Waals surface area contributed by atoms with Gasteiger partial charge in [0, 0.05) is 12.0 Å². The van der Waals surface area contributed by atoms with E-state index in [1.165, 1.54) is 22.3 Å². The average Bonchev–Trinajstić information content (AvgIpc) is 3.36. The third-order valence-corrected chi connectivity index (χ3v) is 5.74. The van der Waals surface area contributed by atoms with Crippen LogP contribution in [0, 0.1) is 27.7 Å². The number of amides is 1. The third-order valence-electron chi connectivity index (χ3n) is 5.74. The lowest BCUT2D eigenvalue weighted by molar-refractivity contribution is -0.124. The lowest BCUT2D eigenvalue weighted by Crippen LogP contribution is -2.39. The van der Waals surface area contributed by atoms with Gasteiger partial charge in [-0.3, -0.25) is 4.79 Å². The van der Waals surface area contributed by atoms with Gasteiger partial charge >= 0.3 is 0 Å². The number of benzene rings is 2. The van der Waals surface area contributed by atoms with Crippen LogP contribution >= 0.6 is 0 Å². The SMILES string of the molecule is Cc1cc(C)cc(C2(C(=O)NC3CCOc4c(C)cc(C)cc43)CC2)c1. The number of hydrogen-bond acceptors (Lipinski definition) is 2. The van der Waals surface area contributed by atoms with Crippen molar-refractivity contribution in [1.29, 1.82) is 0 Å². The van der Waals surface area contributed by atoms with Gasteiger partial charge in [-0.2, -0.15) is 0 Å². The molecule has 1 unspecified atom stereocenters. The average molecular weight is 349 g/mol. The summed E-state index contributed by atoms with van der Waals surface area (Å²) in [4.78, 5) is 13.2. The van der Waals surface area contributed by atoms with Crippen molar-refractivity contribution < 1.29 is 9.53 Å². The summed E-state index contributed by atoms with van der Waals surface area (Å²) in [6.07, 6.45) is 2.69. The summed E-state index contributed by atoms with van der Waals surface area (Å²) in [5.74, 6) is 1.11. The molecule has 2 aliphatic rings. The van der Waals surface area contributed by atoms with Gasteiger partial charge in [0.25, 0.3) is 0 Å². The highest BCUT2D eigenvalue weighted by Gasteiger charge is 2.52. The maximum absolute atomic E-state index is 13.2. The van der Waals surface area contributed by atoms with Crippen LogP contribution in [0.25, 0.3) is 0 Å². The van der Waals surface area contributed by atoms with Crippen molar-refractivity contribution in [3.05, 3.63) is 63.7 Å². The minimum atomic E-state index is -0.339. The molecule has 1 aliphatic heterocycles. The van der Waals surface area contributed by atoms with Crippen LogP contribution in [0.1, 0.15) is 58.7 Å². The van der Waals surface area contributed by atoms with E-state index in [-0.39, 0.29) is 17.4 Å². The third kappa shape index (κ3) is 2.90. The Morgan fingerprint density at radius 3 is 2.31 bits per heavy atom. The van der Waals surface area contributed by atoms with Crippen LogP contribution in [-0.4, -0.2) is 12.5 Å². The number of ether oxygens (including phenoxy) is 1. The predicted octanol–water partition coefficient (Wildman–Crippen LogP) is 4.59. The van der Waals surface area contributed by atoms with Crippen molar-refractivity contribution in [1.82, 2.24) is 5.32 Å². The zero-order valence-corrected chi connectivity index (χ0v) is 16.1. The standard InChI is InChI=1S/C23H27NO2/c1-14-9-15(2)12-18(11-14)23(6-7-23)22(25)24-20-5-8-26-21-17(4)10-16(3)13-19(20)21/h9-13,20H,5-8H2,1-4H3,(H,24,25). The molecule has 3 nitrogen and oxygen atoms in total. The number of hydrogen-bond donors (Lipinski definition) is 1. The monoisotopic (exact) mass is 349 g/mol. The van der Waals surface area contributed by atoms with E-state index in [0.717, 1.165) is 36.1 Å². The molecule has 136 valence electrons. The second kappa shape index (κ2) is 6.15. The second-order valence-corrected chi connectivity index (χ2v) is 8.12. The van der Waals surface area contributed by atoms with Gasteiger partial charge in [0.05, 0.1) is 18.1 Å². The molecule has 1 N–H and O–H groups in total. The molecule has 1 heterocycles. The summed E-state index contributed by atoms with van der Waals surface area (Å²) in [5.41, 5.74) is 6.76. The Morgan fingerprint density at radius 2 is 1.65 bits per heavy atom. The highest BCUT2D eigenvalue weighted by molar-refractivity contribution is 5.91. The molecule has 1 aliphatic carbocycles. The van der Waals surface area contributed by atoms with Crippen LogP contribution in [0.5, 0.6) is 5.75 Å². The highest BCUT2D eigenvalue weighted by atomic mass is 16.5. The second-order valence-electron chi connectivity index (χ2n) is 8.12. The van der Waals surface area contributed by atoms with E-state index < -0.39 is 0 Å². The molecule has 1 atom stereocenters. The van der Waals surface area contributed by atoms with Crippen LogP contribution in [0.2, 0.25) is 0 Å². The van der Waals surface area contributed by atoms with Crippen LogP contribution in [0.3, 0.4) is 0 Å². The maximum atomic E-state index is 13.2. The molecule has 2 aromatic carbocycles. The number of nitrogens with one attached hydrogen (secondary N) is 1. The first-order valence-electron chi connectivity index (χ1n) is 9.53. The van der Waals surface area contributed by atoms with E-state index in [9.17, 15) is 4.79 Å². The molecule has 0 aromatic heterocycles. The van der Waals surface area contributed by atoms with Crippen LogP contribution in [-0.2, 0) is 10.2 Å². The lowest BCUT2D eigenvalue weighted by Gasteiger charge is -2.30. The Bertz CT molecular complexity index is 860. The van der Waals surface area contributed by atoms with Crippen LogP contribution in [0.15, 0.2) is 30.3 Å². The van der Waals surface area contributed by atoms with Crippen LogP contribution < -0.4 is 10.1 Å². The minimum absolute atomic E-state index is 0.0354. The van der Waals surface area contributed by atoms with Crippen molar-refractivity contribution in [3.8, 4) is 5.75 Å². The summed E-state index contributed by atoms with van der Waals surface area (Å²) < 4.78 is 5.89. The number of fused-ring (bicyclic) bond motifs is 1. The van der Waals surface area contributed by atoms with Gasteiger partial charge in [0.1, 0.15) is 5.75 Å². The highest BCUT2D eigenvalue weighted by Crippen LogP contribution is 2.49. The molecule has 0 radical (unpaired) electrons. The summed E-state index contributed by atoms with van der Waals surface area (Å²) in [6.45, 7) is 9.03. The molecular formula is C23H27NO2. The van der Waals surface area contributed by atoms with Gasteiger partial charge in [0.2, 0.25) is 5.91 Å². The first kappa shape index (κ1) is 17.1. The Morgan fingerprint density at radius 1 is 1.00 bits per heavy atom. The molecule has 4 rings (SSSR count). The fraction of sp³-hybridized carbons (Fsp3) is 0.435. The zero-order valence-electron chi connectivity index (χ0n) is 16.1. The molecule has 0 bridgehead atoms. The zero-order chi connectivity index (χ0) is 18.5. The van der Waals surface area contributed by atoms with E-state index in [2.05, 4.69) is 63.3 Å². The summed E-state index contributed by atoms with van der Waals surface area (Å²) in [5, 5.41) is 3.35. The Balaban J connectivity index is 1.62. The maximum Gasteiger partial charge on any atom is 0.231 e. The summed E-state index contributed by atoms with van der Waals surface area (Å²) in [7, 11) is 0.